The monoisotopic (exact) mass is 511 g/mol. The first-order valence-electron chi connectivity index (χ1n) is 8.32. The molecule has 0 amide bonds. The fraction of sp³-hybridized carbons (Fsp3) is 0.150. The van der Waals surface area contributed by atoms with Gasteiger partial charge in [0, 0.05) is 3.57 Å². The highest BCUT2D eigenvalue weighted by Crippen LogP contribution is 2.25. The third kappa shape index (κ3) is 5.11. The Morgan fingerprint density at radius 3 is 2.71 bits per heavy atom. The largest absolute Gasteiger partial charge is 0.482 e. The number of cyclic esters (lactones) is 1. The van der Waals surface area contributed by atoms with Crippen molar-refractivity contribution < 1.29 is 23.8 Å². The van der Waals surface area contributed by atoms with Crippen LogP contribution in [0, 0.1) is 3.57 Å². The van der Waals surface area contributed by atoms with Gasteiger partial charge in [-0.15, -0.1) is 0 Å². The zero-order valence-corrected chi connectivity index (χ0v) is 17.7. The zero-order chi connectivity index (χ0) is 20.1. The molecule has 6 nitrogen and oxygen atoms in total. The molecule has 28 heavy (non-hydrogen) atoms. The van der Waals surface area contributed by atoms with E-state index in [1.807, 2.05) is 6.07 Å². The van der Waals surface area contributed by atoms with Crippen molar-refractivity contribution in [3.63, 3.8) is 0 Å². The molecule has 0 unspecified atom stereocenters. The van der Waals surface area contributed by atoms with E-state index in [1.54, 1.807) is 49.4 Å². The fourth-order valence-corrected chi connectivity index (χ4v) is 3.04. The summed E-state index contributed by atoms with van der Waals surface area (Å²) in [6.07, 6.45) is 1.60. The van der Waals surface area contributed by atoms with Crippen LogP contribution in [0.25, 0.3) is 6.08 Å². The van der Waals surface area contributed by atoms with Crippen molar-refractivity contribution in [1.82, 2.24) is 0 Å². The maximum absolute atomic E-state index is 12.1. The molecule has 3 rings (SSSR count). The molecule has 0 atom stereocenters. The fourth-order valence-electron chi connectivity index (χ4n) is 2.35. The minimum absolute atomic E-state index is 0.162. The molecular weight excluding hydrogens is 497 g/mol. The van der Waals surface area contributed by atoms with Crippen molar-refractivity contribution in [2.24, 2.45) is 4.99 Å². The number of rotatable bonds is 6. The first-order chi connectivity index (χ1) is 13.5. The lowest BCUT2D eigenvalue weighted by Crippen LogP contribution is -2.14. The minimum Gasteiger partial charge on any atom is -0.482 e. The number of carbonyl (C=O) groups is 2. The van der Waals surface area contributed by atoms with Crippen molar-refractivity contribution in [3.8, 4) is 5.75 Å². The molecule has 0 aromatic heterocycles. The number of ether oxygens (including phenoxy) is 3. The lowest BCUT2D eigenvalue weighted by Gasteiger charge is -2.05. The van der Waals surface area contributed by atoms with Crippen LogP contribution in [0.15, 0.2) is 53.2 Å². The number of carbonyl (C=O) groups excluding carboxylic acids is 2. The zero-order valence-electron chi connectivity index (χ0n) is 14.8. The van der Waals surface area contributed by atoms with Gasteiger partial charge in [0.2, 0.25) is 5.90 Å². The average Bonchev–Trinajstić information content (AvgIpc) is 3.03. The quantitative estimate of drug-likeness (QED) is 0.330. The van der Waals surface area contributed by atoms with Gasteiger partial charge in [0.25, 0.3) is 0 Å². The summed E-state index contributed by atoms with van der Waals surface area (Å²) >= 11 is 8.33. The van der Waals surface area contributed by atoms with Gasteiger partial charge in [0.05, 0.1) is 17.2 Å². The Morgan fingerprint density at radius 2 is 2.00 bits per heavy atom. The van der Waals surface area contributed by atoms with Gasteiger partial charge in [-0.2, -0.15) is 0 Å². The number of aliphatic imine (C=N–C) groups is 1. The summed E-state index contributed by atoms with van der Waals surface area (Å²) in [5.74, 6) is -0.292. The molecule has 0 saturated carbocycles. The summed E-state index contributed by atoms with van der Waals surface area (Å²) in [5, 5.41) is 0.455. The van der Waals surface area contributed by atoms with E-state index in [4.69, 9.17) is 25.8 Å². The predicted octanol–water partition coefficient (Wildman–Crippen LogP) is 4.23. The van der Waals surface area contributed by atoms with Gasteiger partial charge < -0.3 is 14.2 Å². The van der Waals surface area contributed by atoms with Crippen LogP contribution in [0.1, 0.15) is 18.1 Å². The van der Waals surface area contributed by atoms with Crippen molar-refractivity contribution >= 4 is 58.1 Å². The molecule has 0 spiro atoms. The summed E-state index contributed by atoms with van der Waals surface area (Å²) in [6.45, 7) is 1.88. The lowest BCUT2D eigenvalue weighted by atomic mass is 10.2. The van der Waals surface area contributed by atoms with Crippen LogP contribution in [0.5, 0.6) is 5.75 Å². The van der Waals surface area contributed by atoms with Crippen LogP contribution < -0.4 is 4.74 Å². The highest BCUT2D eigenvalue weighted by atomic mass is 127. The average molecular weight is 512 g/mol. The molecule has 1 heterocycles. The van der Waals surface area contributed by atoms with Crippen molar-refractivity contribution in [2.45, 2.75) is 6.92 Å². The Kier molecular flexibility index (Phi) is 6.69. The molecule has 0 bridgehead atoms. The molecule has 0 radical (unpaired) electrons. The van der Waals surface area contributed by atoms with Crippen LogP contribution >= 0.6 is 34.2 Å². The molecule has 1 aliphatic rings. The molecule has 2 aromatic carbocycles. The minimum atomic E-state index is -0.549. The van der Waals surface area contributed by atoms with Crippen LogP contribution in [0.2, 0.25) is 5.02 Å². The molecule has 0 fully saturated rings. The molecular formula is C20H15ClINO5. The maximum Gasteiger partial charge on any atom is 0.363 e. The van der Waals surface area contributed by atoms with E-state index >= 15 is 0 Å². The van der Waals surface area contributed by atoms with Crippen molar-refractivity contribution in [2.75, 3.05) is 13.2 Å². The standard InChI is InChI=1S/C20H15ClINO5/c1-2-26-18(24)11-27-14-6-3-12(4-7-14)9-17-20(25)28-19(23-17)15-10-13(22)5-8-16(15)21/h3-10H,2,11H2,1H3/b17-9-. The number of benzene rings is 2. The Labute approximate surface area is 180 Å². The van der Waals surface area contributed by atoms with Gasteiger partial charge in [0.1, 0.15) is 5.75 Å². The lowest BCUT2D eigenvalue weighted by molar-refractivity contribution is -0.145. The normalized spacial score (nSPS) is 14.6. The number of nitrogens with zero attached hydrogens (tertiary/aromatic N) is 1. The highest BCUT2D eigenvalue weighted by Gasteiger charge is 2.25. The highest BCUT2D eigenvalue weighted by molar-refractivity contribution is 14.1. The Hall–Kier alpha value is -2.39. The molecule has 1 aliphatic heterocycles. The van der Waals surface area contributed by atoms with Crippen LogP contribution in [0.3, 0.4) is 0 Å². The van der Waals surface area contributed by atoms with Gasteiger partial charge in [-0.25, -0.2) is 14.6 Å². The second-order valence-electron chi connectivity index (χ2n) is 5.62. The number of hydrogen-bond donors (Lipinski definition) is 0. The summed E-state index contributed by atoms with van der Waals surface area (Å²) in [6, 6.07) is 12.2. The first-order valence-corrected chi connectivity index (χ1v) is 9.78. The van der Waals surface area contributed by atoms with E-state index in [9.17, 15) is 9.59 Å². The summed E-state index contributed by atoms with van der Waals surface area (Å²) in [4.78, 5) is 27.7. The number of esters is 2. The van der Waals surface area contributed by atoms with Gasteiger partial charge in [-0.05, 0) is 71.5 Å². The van der Waals surface area contributed by atoms with Gasteiger partial charge in [-0.1, -0.05) is 23.7 Å². The predicted molar refractivity (Wildman–Crippen MR) is 113 cm³/mol. The van der Waals surface area contributed by atoms with E-state index in [-0.39, 0.29) is 18.2 Å². The van der Waals surface area contributed by atoms with Crippen LogP contribution in [-0.4, -0.2) is 31.1 Å². The Bertz CT molecular complexity index is 969. The molecule has 0 aliphatic carbocycles. The van der Waals surface area contributed by atoms with E-state index in [2.05, 4.69) is 27.6 Å². The van der Waals surface area contributed by atoms with E-state index in [1.165, 1.54) is 0 Å². The van der Waals surface area contributed by atoms with Gasteiger partial charge in [0.15, 0.2) is 12.3 Å². The van der Waals surface area contributed by atoms with Crippen molar-refractivity contribution in [3.05, 3.63) is 67.9 Å². The Balaban J connectivity index is 1.74. The molecule has 0 saturated heterocycles. The first kappa shape index (κ1) is 20.3. The summed E-state index contributed by atoms with van der Waals surface area (Å²) in [7, 11) is 0. The molecule has 2 aromatic rings. The topological polar surface area (TPSA) is 74.2 Å². The maximum atomic E-state index is 12.1. The third-order valence-corrected chi connectivity index (χ3v) is 4.63. The molecule has 144 valence electrons. The second-order valence-corrected chi connectivity index (χ2v) is 7.28. The van der Waals surface area contributed by atoms with E-state index in [0.29, 0.717) is 22.9 Å². The van der Waals surface area contributed by atoms with Gasteiger partial charge in [-0.3, -0.25) is 0 Å². The number of hydrogen-bond acceptors (Lipinski definition) is 6. The van der Waals surface area contributed by atoms with Crippen molar-refractivity contribution in [1.29, 1.82) is 0 Å². The summed E-state index contributed by atoms with van der Waals surface area (Å²) < 4.78 is 16.3. The van der Waals surface area contributed by atoms with E-state index in [0.717, 1.165) is 9.13 Å². The summed E-state index contributed by atoms with van der Waals surface area (Å²) in [5.41, 5.74) is 1.47. The Morgan fingerprint density at radius 1 is 1.25 bits per heavy atom. The number of halogens is 2. The van der Waals surface area contributed by atoms with Crippen LogP contribution in [-0.2, 0) is 19.1 Å². The second kappa shape index (κ2) is 9.20. The molecule has 0 N–H and O–H groups in total. The van der Waals surface area contributed by atoms with E-state index < -0.39 is 11.9 Å². The molecule has 8 heteroatoms. The van der Waals surface area contributed by atoms with Crippen LogP contribution in [0.4, 0.5) is 0 Å². The van der Waals surface area contributed by atoms with Gasteiger partial charge >= 0.3 is 11.9 Å². The third-order valence-electron chi connectivity index (χ3n) is 3.62. The smallest absolute Gasteiger partial charge is 0.363 e. The SMILES string of the molecule is CCOC(=O)COc1ccc(/C=C2\N=C(c3cc(I)ccc3Cl)OC2=O)cc1.